The zero-order valence-electron chi connectivity index (χ0n) is 9.05. The molecule has 0 aliphatic carbocycles. The van der Waals surface area contributed by atoms with Crippen LogP contribution in [0.2, 0.25) is 0 Å². The van der Waals surface area contributed by atoms with E-state index < -0.39 is 0 Å². The van der Waals surface area contributed by atoms with Crippen LogP contribution in [0.25, 0.3) is 0 Å². The van der Waals surface area contributed by atoms with Crippen LogP contribution in [-0.4, -0.2) is 16.3 Å². The van der Waals surface area contributed by atoms with Crippen molar-refractivity contribution in [1.29, 1.82) is 0 Å². The summed E-state index contributed by atoms with van der Waals surface area (Å²) in [5.41, 5.74) is 1.68. The van der Waals surface area contributed by atoms with E-state index in [1.807, 2.05) is 13.0 Å². The van der Waals surface area contributed by atoms with Crippen molar-refractivity contribution in [2.75, 3.05) is 0 Å². The quantitative estimate of drug-likeness (QED) is 0.643. The van der Waals surface area contributed by atoms with Crippen LogP contribution < -0.4 is 0 Å². The minimum Gasteiger partial charge on any atom is -0.298 e. The third-order valence-electron chi connectivity index (χ3n) is 2.05. The first kappa shape index (κ1) is 12.3. The largest absolute Gasteiger partial charge is 0.298 e. The van der Waals surface area contributed by atoms with Crippen molar-refractivity contribution in [2.24, 2.45) is 0 Å². The molecule has 1 aromatic carbocycles. The third kappa shape index (κ3) is 3.14. The maximum absolute atomic E-state index is 10.6. The number of rotatable bonds is 3. The number of benzene rings is 1. The minimum atomic E-state index is 0.644. The fraction of sp³-hybridized carbons (Fsp3) is 0.0833. The monoisotopic (exact) mass is 308 g/mol. The summed E-state index contributed by atoms with van der Waals surface area (Å²) in [6, 6.07) is 5.43. The van der Waals surface area contributed by atoms with Gasteiger partial charge in [0.25, 0.3) is 0 Å². The van der Waals surface area contributed by atoms with Crippen molar-refractivity contribution in [3.63, 3.8) is 0 Å². The summed E-state index contributed by atoms with van der Waals surface area (Å²) in [6.07, 6.45) is 4.38. The predicted octanol–water partition coefficient (Wildman–Crippen LogP) is 3.51. The molecule has 86 valence electrons. The molecular weight excluding hydrogens is 300 g/mol. The summed E-state index contributed by atoms with van der Waals surface area (Å²) in [5.74, 6) is 0. The summed E-state index contributed by atoms with van der Waals surface area (Å²) in [7, 11) is 0. The Balaban J connectivity index is 2.24. The topological polar surface area (TPSA) is 42.9 Å². The number of carbonyl (C=O) groups is 1. The van der Waals surface area contributed by atoms with Crippen molar-refractivity contribution in [2.45, 2.75) is 17.0 Å². The fourth-order valence-corrected chi connectivity index (χ4v) is 2.54. The van der Waals surface area contributed by atoms with Gasteiger partial charge >= 0.3 is 0 Å². The standard InChI is InChI=1S/C12H9BrN2OS/c1-8-5-14-12(15-6-8)17-11-3-2-9(7-16)4-10(11)13/h2-7H,1H3. The molecule has 0 unspecified atom stereocenters. The zero-order chi connectivity index (χ0) is 12.3. The van der Waals surface area contributed by atoms with Gasteiger partial charge in [0.1, 0.15) is 6.29 Å². The number of aldehydes is 1. The number of aromatic nitrogens is 2. The van der Waals surface area contributed by atoms with Gasteiger partial charge in [-0.25, -0.2) is 9.97 Å². The van der Waals surface area contributed by atoms with Crippen molar-refractivity contribution >= 4 is 34.0 Å². The van der Waals surface area contributed by atoms with Crippen molar-refractivity contribution in [3.8, 4) is 0 Å². The molecule has 0 amide bonds. The molecule has 0 atom stereocenters. The van der Waals surface area contributed by atoms with Gasteiger partial charge < -0.3 is 0 Å². The molecule has 17 heavy (non-hydrogen) atoms. The number of carbonyl (C=O) groups excluding carboxylic acids is 1. The average molecular weight is 309 g/mol. The van der Waals surface area contributed by atoms with Crippen LogP contribution in [0, 0.1) is 6.92 Å². The van der Waals surface area contributed by atoms with Crippen LogP contribution >= 0.6 is 27.7 Å². The molecule has 5 heteroatoms. The van der Waals surface area contributed by atoms with Gasteiger partial charge in [-0.1, -0.05) is 6.07 Å². The van der Waals surface area contributed by atoms with E-state index in [0.29, 0.717) is 10.7 Å². The molecule has 0 saturated carbocycles. The lowest BCUT2D eigenvalue weighted by Gasteiger charge is -2.03. The lowest BCUT2D eigenvalue weighted by molar-refractivity contribution is 0.112. The Morgan fingerprint density at radius 1 is 1.29 bits per heavy atom. The van der Waals surface area contributed by atoms with Gasteiger partial charge in [0.15, 0.2) is 5.16 Å². The molecule has 0 N–H and O–H groups in total. The molecule has 0 radical (unpaired) electrons. The van der Waals surface area contributed by atoms with E-state index in [-0.39, 0.29) is 0 Å². The number of nitrogens with zero attached hydrogens (tertiary/aromatic N) is 2. The first-order valence-electron chi connectivity index (χ1n) is 4.90. The van der Waals surface area contributed by atoms with Crippen molar-refractivity contribution in [3.05, 3.63) is 46.2 Å². The molecule has 0 aliphatic rings. The number of halogens is 1. The van der Waals surface area contributed by atoms with Gasteiger partial charge in [-0.15, -0.1) is 0 Å². The molecule has 0 bridgehead atoms. The van der Waals surface area contributed by atoms with Crippen LogP contribution in [0.4, 0.5) is 0 Å². The SMILES string of the molecule is Cc1cnc(Sc2ccc(C=O)cc2Br)nc1. The zero-order valence-corrected chi connectivity index (χ0v) is 11.5. The molecular formula is C12H9BrN2OS. The first-order valence-corrected chi connectivity index (χ1v) is 6.51. The second-order valence-corrected chi connectivity index (χ2v) is 5.32. The Morgan fingerprint density at radius 2 is 2.00 bits per heavy atom. The highest BCUT2D eigenvalue weighted by Gasteiger charge is 2.05. The Hall–Kier alpha value is -1.20. The second kappa shape index (κ2) is 5.42. The summed E-state index contributed by atoms with van der Waals surface area (Å²) in [4.78, 5) is 20.0. The number of hydrogen-bond acceptors (Lipinski definition) is 4. The molecule has 2 aromatic rings. The van der Waals surface area contributed by atoms with Crippen LogP contribution in [0.3, 0.4) is 0 Å². The van der Waals surface area contributed by atoms with E-state index in [0.717, 1.165) is 21.2 Å². The lowest BCUT2D eigenvalue weighted by atomic mass is 10.2. The van der Waals surface area contributed by atoms with Crippen LogP contribution in [0.15, 0.2) is 45.1 Å². The predicted molar refractivity (Wildman–Crippen MR) is 70.4 cm³/mol. The maximum Gasteiger partial charge on any atom is 0.192 e. The average Bonchev–Trinajstić information content (AvgIpc) is 2.34. The smallest absolute Gasteiger partial charge is 0.192 e. The second-order valence-electron chi connectivity index (χ2n) is 3.45. The lowest BCUT2D eigenvalue weighted by Crippen LogP contribution is -1.87. The van der Waals surface area contributed by atoms with Gasteiger partial charge in [-0.05, 0) is 52.3 Å². The van der Waals surface area contributed by atoms with Gasteiger partial charge in [0.05, 0.1) is 0 Å². The molecule has 1 aromatic heterocycles. The van der Waals surface area contributed by atoms with E-state index in [2.05, 4.69) is 25.9 Å². The van der Waals surface area contributed by atoms with Gasteiger partial charge in [0.2, 0.25) is 0 Å². The van der Waals surface area contributed by atoms with Crippen LogP contribution in [0.1, 0.15) is 15.9 Å². The Labute approximate surface area is 112 Å². The summed E-state index contributed by atoms with van der Waals surface area (Å²) in [5, 5.41) is 0.690. The first-order chi connectivity index (χ1) is 8.19. The van der Waals surface area contributed by atoms with E-state index >= 15 is 0 Å². The van der Waals surface area contributed by atoms with E-state index in [1.165, 1.54) is 11.8 Å². The summed E-state index contributed by atoms with van der Waals surface area (Å²) >= 11 is 4.88. The van der Waals surface area contributed by atoms with E-state index in [4.69, 9.17) is 0 Å². The highest BCUT2D eigenvalue weighted by molar-refractivity contribution is 9.10. The highest BCUT2D eigenvalue weighted by atomic mass is 79.9. The van der Waals surface area contributed by atoms with Gasteiger partial charge in [0, 0.05) is 27.3 Å². The molecule has 0 fully saturated rings. The number of aryl methyl sites for hydroxylation is 1. The maximum atomic E-state index is 10.6. The number of hydrogen-bond donors (Lipinski definition) is 0. The molecule has 0 aliphatic heterocycles. The van der Waals surface area contributed by atoms with Gasteiger partial charge in [-0.2, -0.15) is 0 Å². The van der Waals surface area contributed by atoms with E-state index in [1.54, 1.807) is 24.5 Å². The highest BCUT2D eigenvalue weighted by Crippen LogP contribution is 2.31. The Morgan fingerprint density at radius 3 is 2.59 bits per heavy atom. The van der Waals surface area contributed by atoms with Crippen molar-refractivity contribution in [1.82, 2.24) is 9.97 Å². The summed E-state index contributed by atoms with van der Waals surface area (Å²) < 4.78 is 0.872. The molecule has 1 heterocycles. The fourth-order valence-electron chi connectivity index (χ4n) is 1.20. The summed E-state index contributed by atoms with van der Waals surface area (Å²) in [6.45, 7) is 1.95. The van der Waals surface area contributed by atoms with Gasteiger partial charge in [-0.3, -0.25) is 4.79 Å². The molecule has 2 rings (SSSR count). The minimum absolute atomic E-state index is 0.644. The normalized spacial score (nSPS) is 10.2. The van der Waals surface area contributed by atoms with Crippen molar-refractivity contribution < 1.29 is 4.79 Å². The van der Waals surface area contributed by atoms with E-state index in [9.17, 15) is 4.79 Å². The Bertz CT molecular complexity index is 543. The molecule has 0 saturated heterocycles. The Kier molecular flexibility index (Phi) is 3.91. The van der Waals surface area contributed by atoms with Crippen LogP contribution in [0.5, 0.6) is 0 Å². The third-order valence-corrected chi connectivity index (χ3v) is 3.94. The molecule has 0 spiro atoms. The molecule has 3 nitrogen and oxygen atoms in total. The van der Waals surface area contributed by atoms with Crippen LogP contribution in [-0.2, 0) is 0 Å².